The lowest BCUT2D eigenvalue weighted by Gasteiger charge is -2.22. The van der Waals surface area contributed by atoms with Crippen LogP contribution in [0.4, 0.5) is 18.9 Å². The Balaban J connectivity index is 2.05. The molecular formula is C19H21F3N4O4S. The van der Waals surface area contributed by atoms with E-state index in [1.807, 2.05) is 0 Å². The molecule has 1 heterocycles. The van der Waals surface area contributed by atoms with Crippen LogP contribution in [0, 0.1) is 0 Å². The summed E-state index contributed by atoms with van der Waals surface area (Å²) < 4.78 is 63.8. The normalized spacial score (nSPS) is 11.9. The molecule has 2 aromatic rings. The number of rotatable bonds is 8. The van der Waals surface area contributed by atoms with Crippen molar-refractivity contribution < 1.29 is 31.2 Å². The molecule has 0 spiro atoms. The van der Waals surface area contributed by atoms with Gasteiger partial charge >= 0.3 is 12.1 Å². The van der Waals surface area contributed by atoms with E-state index in [2.05, 4.69) is 10.3 Å². The SMILES string of the molecule is CCN(Cc1cccc(NC(=O)CN(C)S(=O)(=O)c2cccnc2)c1)C(=O)C(F)(F)F. The van der Waals surface area contributed by atoms with Crippen LogP contribution in [0.1, 0.15) is 12.5 Å². The van der Waals surface area contributed by atoms with Gasteiger partial charge in [-0.3, -0.25) is 14.6 Å². The first kappa shape index (κ1) is 24.3. The summed E-state index contributed by atoms with van der Waals surface area (Å²) in [5.74, 6) is -2.60. The number of halogens is 3. The fourth-order valence-electron chi connectivity index (χ4n) is 2.64. The maximum absolute atomic E-state index is 12.7. The molecule has 1 aromatic heterocycles. The molecule has 168 valence electrons. The zero-order chi connectivity index (χ0) is 23.2. The van der Waals surface area contributed by atoms with Crippen LogP contribution in [0.3, 0.4) is 0 Å². The second-order valence-electron chi connectivity index (χ2n) is 6.52. The number of carbonyl (C=O) groups excluding carboxylic acids is 2. The number of benzene rings is 1. The van der Waals surface area contributed by atoms with Crippen molar-refractivity contribution in [2.24, 2.45) is 0 Å². The Morgan fingerprint density at radius 3 is 2.45 bits per heavy atom. The van der Waals surface area contributed by atoms with E-state index in [0.717, 1.165) is 10.5 Å². The number of hydrogen-bond donors (Lipinski definition) is 1. The van der Waals surface area contributed by atoms with Crippen molar-refractivity contribution in [3.8, 4) is 0 Å². The maximum Gasteiger partial charge on any atom is 0.471 e. The molecule has 0 bridgehead atoms. The number of anilines is 1. The molecule has 2 amide bonds. The van der Waals surface area contributed by atoms with Crippen molar-refractivity contribution in [1.29, 1.82) is 0 Å². The molecule has 31 heavy (non-hydrogen) atoms. The summed E-state index contributed by atoms with van der Waals surface area (Å²) in [4.78, 5) is 28.1. The molecule has 0 aliphatic heterocycles. The Morgan fingerprint density at radius 1 is 1.16 bits per heavy atom. The number of pyridine rings is 1. The Hall–Kier alpha value is -2.99. The highest BCUT2D eigenvalue weighted by molar-refractivity contribution is 7.89. The van der Waals surface area contributed by atoms with Gasteiger partial charge in [0.25, 0.3) is 0 Å². The van der Waals surface area contributed by atoms with Crippen LogP contribution >= 0.6 is 0 Å². The molecule has 12 heteroatoms. The number of nitrogens with zero attached hydrogens (tertiary/aromatic N) is 3. The Morgan fingerprint density at radius 2 is 1.87 bits per heavy atom. The van der Waals surface area contributed by atoms with E-state index < -0.39 is 34.6 Å². The van der Waals surface area contributed by atoms with Gasteiger partial charge in [0.15, 0.2) is 0 Å². The summed E-state index contributed by atoms with van der Waals surface area (Å²) in [7, 11) is -2.68. The van der Waals surface area contributed by atoms with Gasteiger partial charge in [-0.15, -0.1) is 0 Å². The predicted octanol–water partition coefficient (Wildman–Crippen LogP) is 2.25. The molecule has 0 atom stereocenters. The third kappa shape index (κ3) is 6.49. The standard InChI is InChI=1S/C19H21F3N4O4S/c1-3-26(18(28)19(20,21)22)12-14-6-4-7-15(10-14)24-17(27)13-25(2)31(29,30)16-8-5-9-23-11-16/h4-11H,3,12-13H2,1-2H3,(H,24,27). The van der Waals surface area contributed by atoms with Gasteiger partial charge in [-0.1, -0.05) is 12.1 Å². The number of alkyl halides is 3. The second-order valence-corrected chi connectivity index (χ2v) is 8.56. The first-order valence-corrected chi connectivity index (χ1v) is 10.5. The summed E-state index contributed by atoms with van der Waals surface area (Å²) in [5, 5.41) is 2.50. The molecule has 8 nitrogen and oxygen atoms in total. The molecule has 1 aromatic carbocycles. The fourth-order valence-corrected chi connectivity index (χ4v) is 3.73. The zero-order valence-electron chi connectivity index (χ0n) is 16.8. The van der Waals surface area contributed by atoms with Crippen molar-refractivity contribution in [3.63, 3.8) is 0 Å². The Labute approximate surface area is 177 Å². The molecule has 0 fully saturated rings. The maximum atomic E-state index is 12.7. The third-order valence-corrected chi connectivity index (χ3v) is 5.99. The highest BCUT2D eigenvalue weighted by Crippen LogP contribution is 2.21. The highest BCUT2D eigenvalue weighted by Gasteiger charge is 2.41. The van der Waals surface area contributed by atoms with Gasteiger partial charge in [0.2, 0.25) is 15.9 Å². The summed E-state index contributed by atoms with van der Waals surface area (Å²) in [6, 6.07) is 8.74. The first-order chi connectivity index (χ1) is 14.4. The van der Waals surface area contributed by atoms with Crippen LogP contribution in [-0.4, -0.2) is 60.7 Å². The van der Waals surface area contributed by atoms with E-state index in [9.17, 15) is 31.2 Å². The topological polar surface area (TPSA) is 99.7 Å². The predicted molar refractivity (Wildman–Crippen MR) is 106 cm³/mol. The quantitative estimate of drug-likeness (QED) is 0.654. The van der Waals surface area contributed by atoms with Gasteiger partial charge in [-0.05, 0) is 36.8 Å². The van der Waals surface area contributed by atoms with Gasteiger partial charge in [0, 0.05) is 38.2 Å². The zero-order valence-corrected chi connectivity index (χ0v) is 17.6. The Bertz CT molecular complexity index is 1030. The second kappa shape index (κ2) is 9.88. The number of amides is 2. The van der Waals surface area contributed by atoms with Crippen molar-refractivity contribution in [2.45, 2.75) is 24.5 Å². The molecule has 0 saturated heterocycles. The number of hydrogen-bond acceptors (Lipinski definition) is 5. The number of aromatic nitrogens is 1. The molecule has 1 N–H and O–H groups in total. The highest BCUT2D eigenvalue weighted by atomic mass is 32.2. The van der Waals surface area contributed by atoms with Crippen LogP contribution < -0.4 is 5.32 Å². The first-order valence-electron chi connectivity index (χ1n) is 9.06. The lowest BCUT2D eigenvalue weighted by Crippen LogP contribution is -2.40. The monoisotopic (exact) mass is 458 g/mol. The smallest absolute Gasteiger partial charge is 0.331 e. The van der Waals surface area contributed by atoms with E-state index in [1.165, 1.54) is 56.6 Å². The van der Waals surface area contributed by atoms with Gasteiger partial charge in [0.05, 0.1) is 6.54 Å². The molecule has 2 rings (SSSR count). The van der Waals surface area contributed by atoms with Gasteiger partial charge in [0.1, 0.15) is 4.90 Å². The number of likely N-dealkylation sites (N-methyl/N-ethyl adjacent to an activating group) is 1. The van der Waals surface area contributed by atoms with Gasteiger partial charge in [-0.2, -0.15) is 17.5 Å². The van der Waals surface area contributed by atoms with Crippen molar-refractivity contribution in [2.75, 3.05) is 25.5 Å². The number of carbonyl (C=O) groups is 2. The minimum atomic E-state index is -4.98. The largest absolute Gasteiger partial charge is 0.471 e. The van der Waals surface area contributed by atoms with Crippen LogP contribution in [0.2, 0.25) is 0 Å². The average Bonchev–Trinajstić information content (AvgIpc) is 2.71. The molecule has 0 saturated carbocycles. The molecular weight excluding hydrogens is 437 g/mol. The minimum Gasteiger partial charge on any atom is -0.331 e. The molecule has 0 aliphatic carbocycles. The number of nitrogens with one attached hydrogen (secondary N) is 1. The summed E-state index contributed by atoms with van der Waals surface area (Å²) in [6.07, 6.45) is -2.40. The summed E-state index contributed by atoms with van der Waals surface area (Å²) >= 11 is 0. The molecule has 0 unspecified atom stereocenters. The van der Waals surface area contributed by atoms with Crippen molar-refractivity contribution in [1.82, 2.24) is 14.2 Å². The average molecular weight is 458 g/mol. The summed E-state index contributed by atoms with van der Waals surface area (Å²) in [5.41, 5.74) is 0.624. The van der Waals surface area contributed by atoms with Crippen LogP contribution in [0.25, 0.3) is 0 Å². The Kier molecular flexibility index (Phi) is 7.74. The van der Waals surface area contributed by atoms with E-state index in [-0.39, 0.29) is 23.7 Å². The van der Waals surface area contributed by atoms with Crippen molar-refractivity contribution >= 4 is 27.5 Å². The van der Waals surface area contributed by atoms with E-state index in [1.54, 1.807) is 0 Å². The molecule has 0 aliphatic rings. The van der Waals surface area contributed by atoms with Gasteiger partial charge < -0.3 is 10.2 Å². The van der Waals surface area contributed by atoms with Crippen LogP contribution in [0.15, 0.2) is 53.7 Å². The fraction of sp³-hybridized carbons (Fsp3) is 0.316. The van der Waals surface area contributed by atoms with E-state index >= 15 is 0 Å². The van der Waals surface area contributed by atoms with E-state index in [0.29, 0.717) is 10.5 Å². The third-order valence-electron chi connectivity index (χ3n) is 4.20. The minimum absolute atomic E-state index is 0.0683. The summed E-state index contributed by atoms with van der Waals surface area (Å²) in [6.45, 7) is 0.489. The molecule has 0 radical (unpaired) electrons. The van der Waals surface area contributed by atoms with Crippen molar-refractivity contribution in [3.05, 3.63) is 54.4 Å². The lowest BCUT2D eigenvalue weighted by atomic mass is 10.2. The van der Waals surface area contributed by atoms with Gasteiger partial charge in [-0.25, -0.2) is 8.42 Å². The number of sulfonamides is 1. The van der Waals surface area contributed by atoms with Crippen LogP contribution in [0.5, 0.6) is 0 Å². The van der Waals surface area contributed by atoms with Crippen LogP contribution in [-0.2, 0) is 26.2 Å². The van der Waals surface area contributed by atoms with E-state index in [4.69, 9.17) is 0 Å². The lowest BCUT2D eigenvalue weighted by molar-refractivity contribution is -0.185.